The molecule has 0 amide bonds. The van der Waals surface area contributed by atoms with Gasteiger partial charge < -0.3 is 9.15 Å². The highest BCUT2D eigenvalue weighted by molar-refractivity contribution is 6.32. The van der Waals surface area contributed by atoms with Gasteiger partial charge in [0.05, 0.1) is 29.3 Å². The van der Waals surface area contributed by atoms with E-state index in [-0.39, 0.29) is 45.0 Å². The van der Waals surface area contributed by atoms with Crippen molar-refractivity contribution in [3.8, 4) is 29.2 Å². The molecule has 0 aliphatic heterocycles. The molecule has 4 rings (SSSR count). The van der Waals surface area contributed by atoms with Gasteiger partial charge in [-0.05, 0) is 36.8 Å². The molecule has 7 nitrogen and oxygen atoms in total. The Hall–Kier alpha value is -3.41. The average Bonchev–Trinajstić information content (AvgIpc) is 3.32. The van der Waals surface area contributed by atoms with Crippen molar-refractivity contribution >= 4 is 23.2 Å². The zero-order chi connectivity index (χ0) is 22.1. The molecule has 4 aromatic rings. The minimum atomic E-state index is -0.678. The van der Waals surface area contributed by atoms with Crippen molar-refractivity contribution < 1.29 is 13.5 Å². The Morgan fingerprint density at radius 2 is 2.03 bits per heavy atom. The summed E-state index contributed by atoms with van der Waals surface area (Å²) >= 11 is 12.1. The first-order valence-corrected chi connectivity index (χ1v) is 9.78. The van der Waals surface area contributed by atoms with E-state index in [4.69, 9.17) is 37.6 Å². The lowest BCUT2D eigenvalue weighted by molar-refractivity contribution is 0.437. The summed E-state index contributed by atoms with van der Waals surface area (Å²) in [4.78, 5) is 0. The molecule has 0 N–H and O–H groups in total. The van der Waals surface area contributed by atoms with Crippen molar-refractivity contribution in [1.82, 2.24) is 20.0 Å². The van der Waals surface area contributed by atoms with Crippen LogP contribution in [0.4, 0.5) is 4.39 Å². The van der Waals surface area contributed by atoms with Crippen LogP contribution in [0.1, 0.15) is 22.6 Å². The second-order valence-corrected chi connectivity index (χ2v) is 7.56. The molecule has 10 heteroatoms. The van der Waals surface area contributed by atoms with Crippen molar-refractivity contribution in [3.05, 3.63) is 75.0 Å². The number of aryl methyl sites for hydroxylation is 2. The summed E-state index contributed by atoms with van der Waals surface area (Å²) in [6.07, 6.45) is 1.72. The summed E-state index contributed by atoms with van der Waals surface area (Å²) in [7, 11) is 1.77. The minimum Gasteiger partial charge on any atom is -0.453 e. The second kappa shape index (κ2) is 8.38. The number of nitriles is 1. The van der Waals surface area contributed by atoms with Crippen LogP contribution in [0.25, 0.3) is 11.6 Å². The van der Waals surface area contributed by atoms with Gasteiger partial charge in [-0.3, -0.25) is 4.68 Å². The standard InChI is InChI=1S/C21H14Cl2FN5O2/c1-11-10-26-29(2)19(11)21-28-27-17(31-21)7-13-3-4-16(23)20(18(13)24)30-15-6-12(9-25)5-14(22)8-15/h3-6,8,10H,7H2,1-2H3. The SMILES string of the molecule is Cc1cnn(C)c1-c1nnc(Cc2ccc(Cl)c(Oc3cc(Cl)cc(C#N)c3)c2F)o1. The van der Waals surface area contributed by atoms with Crippen LogP contribution >= 0.6 is 23.2 Å². The summed E-state index contributed by atoms with van der Waals surface area (Å²) in [6.45, 7) is 1.88. The number of nitrogens with zero attached hydrogens (tertiary/aromatic N) is 5. The lowest BCUT2D eigenvalue weighted by Gasteiger charge is -2.11. The normalized spacial score (nSPS) is 10.8. The number of rotatable bonds is 5. The Balaban J connectivity index is 1.63. The van der Waals surface area contributed by atoms with Gasteiger partial charge in [-0.2, -0.15) is 10.4 Å². The molecule has 31 heavy (non-hydrogen) atoms. The first kappa shape index (κ1) is 20.8. The fraction of sp³-hybridized carbons (Fsp3) is 0.143. The van der Waals surface area contributed by atoms with Crippen molar-refractivity contribution in [2.45, 2.75) is 13.3 Å². The van der Waals surface area contributed by atoms with E-state index in [0.717, 1.165) is 5.56 Å². The number of hydrogen-bond acceptors (Lipinski definition) is 6. The first-order chi connectivity index (χ1) is 14.9. The lowest BCUT2D eigenvalue weighted by atomic mass is 10.1. The van der Waals surface area contributed by atoms with Crippen LogP contribution in [0.15, 0.2) is 40.9 Å². The molecule has 2 aromatic carbocycles. The van der Waals surface area contributed by atoms with Crippen LogP contribution in [0.2, 0.25) is 10.0 Å². The van der Waals surface area contributed by atoms with E-state index in [0.29, 0.717) is 11.6 Å². The third-order valence-corrected chi connectivity index (χ3v) is 5.00. The Bertz CT molecular complexity index is 1310. The molecule has 0 aliphatic rings. The molecule has 156 valence electrons. The van der Waals surface area contributed by atoms with Crippen molar-refractivity contribution in [1.29, 1.82) is 5.26 Å². The van der Waals surface area contributed by atoms with Gasteiger partial charge in [0.15, 0.2) is 11.6 Å². The summed E-state index contributed by atoms with van der Waals surface area (Å²) < 4.78 is 28.1. The molecule has 0 spiro atoms. The Morgan fingerprint density at radius 3 is 2.74 bits per heavy atom. The molecule has 0 aliphatic carbocycles. The lowest BCUT2D eigenvalue weighted by Crippen LogP contribution is -1.98. The van der Waals surface area contributed by atoms with E-state index in [2.05, 4.69) is 15.3 Å². The fourth-order valence-corrected chi connectivity index (χ4v) is 3.46. The summed E-state index contributed by atoms with van der Waals surface area (Å²) in [5.41, 5.74) is 2.09. The van der Waals surface area contributed by atoms with Crippen LogP contribution in [0, 0.1) is 24.1 Å². The summed E-state index contributed by atoms with van der Waals surface area (Å²) in [5.74, 6) is -0.164. The largest absolute Gasteiger partial charge is 0.453 e. The third kappa shape index (κ3) is 4.24. The van der Waals surface area contributed by atoms with E-state index in [1.165, 1.54) is 30.3 Å². The van der Waals surface area contributed by atoms with Gasteiger partial charge >= 0.3 is 0 Å². The molecule has 0 radical (unpaired) electrons. The van der Waals surface area contributed by atoms with Gasteiger partial charge in [-0.15, -0.1) is 10.2 Å². The molecule has 0 bridgehead atoms. The fourth-order valence-electron chi connectivity index (χ4n) is 3.05. The quantitative estimate of drug-likeness (QED) is 0.394. The van der Waals surface area contributed by atoms with Crippen LogP contribution < -0.4 is 4.74 Å². The molecular formula is C21H14Cl2FN5O2. The zero-order valence-corrected chi connectivity index (χ0v) is 17.9. The van der Waals surface area contributed by atoms with E-state index in [9.17, 15) is 0 Å². The average molecular weight is 458 g/mol. The predicted octanol–water partition coefficient (Wildman–Crippen LogP) is 5.48. The monoisotopic (exact) mass is 457 g/mol. The van der Waals surface area contributed by atoms with Crippen molar-refractivity contribution in [2.75, 3.05) is 0 Å². The Labute approximate surface area is 186 Å². The van der Waals surface area contributed by atoms with Gasteiger partial charge in [0.25, 0.3) is 5.89 Å². The van der Waals surface area contributed by atoms with Crippen molar-refractivity contribution in [3.63, 3.8) is 0 Å². The van der Waals surface area contributed by atoms with Crippen LogP contribution in [-0.2, 0) is 13.5 Å². The second-order valence-electron chi connectivity index (χ2n) is 6.72. The highest BCUT2D eigenvalue weighted by Gasteiger charge is 2.20. The summed E-state index contributed by atoms with van der Waals surface area (Å²) in [5, 5.41) is 21.6. The van der Waals surface area contributed by atoms with Gasteiger partial charge in [0.1, 0.15) is 11.4 Å². The topological polar surface area (TPSA) is 89.8 Å². The summed E-state index contributed by atoms with van der Waals surface area (Å²) in [6, 6.07) is 9.36. The third-order valence-electron chi connectivity index (χ3n) is 4.48. The predicted molar refractivity (Wildman–Crippen MR) is 112 cm³/mol. The van der Waals surface area contributed by atoms with Crippen LogP contribution in [0.3, 0.4) is 0 Å². The van der Waals surface area contributed by atoms with E-state index < -0.39 is 5.82 Å². The van der Waals surface area contributed by atoms with Gasteiger partial charge in [-0.1, -0.05) is 29.3 Å². The smallest absolute Gasteiger partial charge is 0.266 e. The molecule has 2 aromatic heterocycles. The molecule has 0 saturated carbocycles. The van der Waals surface area contributed by atoms with Crippen LogP contribution in [0.5, 0.6) is 11.5 Å². The number of benzene rings is 2. The van der Waals surface area contributed by atoms with Crippen LogP contribution in [-0.4, -0.2) is 20.0 Å². The van der Waals surface area contributed by atoms with Gasteiger partial charge in [0.2, 0.25) is 5.89 Å². The number of hydrogen-bond donors (Lipinski definition) is 0. The van der Waals surface area contributed by atoms with E-state index in [1.54, 1.807) is 17.9 Å². The maximum absolute atomic E-state index is 15.2. The van der Waals surface area contributed by atoms with E-state index >= 15 is 4.39 Å². The number of aromatic nitrogens is 4. The van der Waals surface area contributed by atoms with Crippen molar-refractivity contribution in [2.24, 2.45) is 7.05 Å². The highest BCUT2D eigenvalue weighted by atomic mass is 35.5. The first-order valence-electron chi connectivity index (χ1n) is 9.02. The maximum Gasteiger partial charge on any atom is 0.266 e. The Morgan fingerprint density at radius 1 is 1.23 bits per heavy atom. The molecule has 0 fully saturated rings. The van der Waals surface area contributed by atoms with Gasteiger partial charge in [0, 0.05) is 17.6 Å². The maximum atomic E-state index is 15.2. The Kier molecular flexibility index (Phi) is 5.63. The highest BCUT2D eigenvalue weighted by Crippen LogP contribution is 2.36. The van der Waals surface area contributed by atoms with Gasteiger partial charge in [-0.25, -0.2) is 4.39 Å². The zero-order valence-electron chi connectivity index (χ0n) is 16.4. The van der Waals surface area contributed by atoms with E-state index in [1.807, 2.05) is 13.0 Å². The number of halogens is 3. The molecule has 0 saturated heterocycles. The number of ether oxygens (including phenoxy) is 1. The molecular weight excluding hydrogens is 444 g/mol. The molecule has 0 atom stereocenters. The minimum absolute atomic E-state index is 0.0300. The molecule has 2 heterocycles. The molecule has 0 unspecified atom stereocenters.